The maximum Gasteiger partial charge on any atom is 0.242 e. The van der Waals surface area contributed by atoms with Crippen molar-refractivity contribution < 1.29 is 26.4 Å². The van der Waals surface area contributed by atoms with E-state index >= 15 is 0 Å². The monoisotopic (exact) mass is 718 g/mol. The zero-order chi connectivity index (χ0) is 36.7. The molecule has 50 heavy (non-hydrogen) atoms. The number of aromatic nitrogens is 2. The lowest BCUT2D eigenvalue weighted by Crippen LogP contribution is -2.22. The highest BCUT2D eigenvalue weighted by Crippen LogP contribution is 2.39. The molecule has 2 fully saturated rings. The molecule has 2 amide bonds. The fraction of sp³-hybridized carbons (Fsp3) is 0.312. The minimum absolute atomic E-state index is 0.0673. The van der Waals surface area contributed by atoms with Crippen molar-refractivity contribution in [2.45, 2.75) is 22.6 Å². The van der Waals surface area contributed by atoms with E-state index in [0.717, 1.165) is 8.61 Å². The molecule has 18 heteroatoms. The summed E-state index contributed by atoms with van der Waals surface area (Å²) in [4.78, 5) is 32.5. The predicted molar refractivity (Wildman–Crippen MR) is 186 cm³/mol. The minimum Gasteiger partial charge on any atom is -0.398 e. The summed E-state index contributed by atoms with van der Waals surface area (Å²) >= 11 is 0. The van der Waals surface area contributed by atoms with Crippen molar-refractivity contribution in [3.05, 3.63) is 48.8 Å². The lowest BCUT2D eigenvalue weighted by Gasteiger charge is -2.13. The van der Waals surface area contributed by atoms with Crippen molar-refractivity contribution >= 4 is 76.4 Å². The van der Waals surface area contributed by atoms with Gasteiger partial charge in [-0.05, 0) is 60.0 Å². The van der Waals surface area contributed by atoms with Crippen LogP contribution in [0.4, 0.5) is 23.0 Å². The van der Waals surface area contributed by atoms with E-state index in [-0.39, 0.29) is 56.7 Å². The topological polar surface area (TPSA) is 258 Å². The van der Waals surface area contributed by atoms with E-state index in [2.05, 4.69) is 32.7 Å². The minimum atomic E-state index is -3.63. The van der Waals surface area contributed by atoms with Crippen molar-refractivity contribution in [2.75, 3.05) is 50.3 Å². The zero-order valence-corrected chi connectivity index (χ0v) is 29.1. The maximum absolute atomic E-state index is 12.3. The van der Waals surface area contributed by atoms with E-state index in [1.807, 2.05) is 0 Å². The molecule has 4 atom stereocenters. The maximum atomic E-state index is 12.3. The van der Waals surface area contributed by atoms with E-state index in [9.17, 15) is 26.4 Å². The van der Waals surface area contributed by atoms with E-state index < -0.39 is 20.0 Å². The molecule has 260 valence electrons. The Kier molecular flexibility index (Phi) is 9.68. The van der Waals surface area contributed by atoms with Gasteiger partial charge in [0.15, 0.2) is 0 Å². The standard InChI is InChI=1S/2C16H17N5O3S/c2*1-21(2)25(23,24)11-3-9-5-15(19-8-13(9)14(18)6-11)20-16(22)12-4-10(12)7-17/h2*3,5-6,8,10,12H,4,18H2,1-2H3,(H,19,20,22)/t2*10-,12+/m10/s1. The number of benzene rings is 2. The Labute approximate surface area is 288 Å². The highest BCUT2D eigenvalue weighted by molar-refractivity contribution is 7.89. The van der Waals surface area contributed by atoms with Crippen LogP contribution in [0.3, 0.4) is 0 Å². The van der Waals surface area contributed by atoms with Crippen LogP contribution in [0, 0.1) is 46.3 Å². The van der Waals surface area contributed by atoms with E-state index in [4.69, 9.17) is 22.0 Å². The van der Waals surface area contributed by atoms with Gasteiger partial charge in [0.2, 0.25) is 31.9 Å². The Balaban J connectivity index is 0.000000194. The number of rotatable bonds is 8. The Morgan fingerprint density at radius 2 is 1.06 bits per heavy atom. The number of hydrogen-bond acceptors (Lipinski definition) is 12. The van der Waals surface area contributed by atoms with Crippen LogP contribution in [0.2, 0.25) is 0 Å². The number of nitrogens with one attached hydrogen (secondary N) is 2. The molecule has 2 heterocycles. The number of carbonyl (C=O) groups is 2. The van der Waals surface area contributed by atoms with Gasteiger partial charge in [-0.1, -0.05) is 0 Å². The van der Waals surface area contributed by atoms with Gasteiger partial charge in [0.25, 0.3) is 0 Å². The van der Waals surface area contributed by atoms with Crippen molar-refractivity contribution in [3.63, 3.8) is 0 Å². The second-order valence-corrected chi connectivity index (χ2v) is 16.6. The number of hydrogen-bond donors (Lipinski definition) is 4. The molecule has 2 aliphatic carbocycles. The first-order valence-corrected chi connectivity index (χ1v) is 18.0. The Bertz CT molecular complexity index is 2190. The largest absolute Gasteiger partial charge is 0.398 e. The molecule has 0 radical (unpaired) electrons. The molecule has 2 aromatic heterocycles. The normalized spacial score (nSPS) is 19.6. The van der Waals surface area contributed by atoms with Crippen LogP contribution in [-0.2, 0) is 29.6 Å². The first kappa shape index (κ1) is 35.9. The predicted octanol–water partition coefficient (Wildman–Crippen LogP) is 2.33. The van der Waals surface area contributed by atoms with Gasteiger partial charge in [-0.15, -0.1) is 0 Å². The third-order valence-electron chi connectivity index (χ3n) is 8.33. The average molecular weight is 719 g/mol. The highest BCUT2D eigenvalue weighted by Gasteiger charge is 2.44. The molecule has 0 unspecified atom stereocenters. The summed E-state index contributed by atoms with van der Waals surface area (Å²) in [5.74, 6) is -1.05. The van der Waals surface area contributed by atoms with Gasteiger partial charge in [0.05, 0.1) is 45.6 Å². The third-order valence-corrected chi connectivity index (χ3v) is 11.9. The fourth-order valence-electron chi connectivity index (χ4n) is 5.06. The second-order valence-electron chi connectivity index (χ2n) is 12.3. The van der Waals surface area contributed by atoms with Crippen LogP contribution < -0.4 is 22.1 Å². The molecular weight excluding hydrogens is 685 g/mol. The molecule has 0 bridgehead atoms. The molecular formula is C32H34N10O6S2. The summed E-state index contributed by atoms with van der Waals surface area (Å²) < 4.78 is 51.5. The number of nitrogens with zero attached hydrogens (tertiary/aromatic N) is 6. The number of pyridine rings is 2. The van der Waals surface area contributed by atoms with Gasteiger partial charge < -0.3 is 22.1 Å². The number of carbonyl (C=O) groups excluding carboxylic acids is 2. The van der Waals surface area contributed by atoms with Crippen LogP contribution in [-0.4, -0.2) is 75.4 Å². The molecule has 2 aliphatic rings. The van der Waals surface area contributed by atoms with E-state index in [1.54, 1.807) is 12.1 Å². The lowest BCUT2D eigenvalue weighted by atomic mass is 10.1. The third kappa shape index (κ3) is 7.28. The summed E-state index contributed by atoms with van der Waals surface area (Å²) in [5, 5.41) is 25.2. The quantitative estimate of drug-likeness (QED) is 0.191. The molecule has 6 N–H and O–H groups in total. The Morgan fingerprint density at radius 3 is 1.36 bits per heavy atom. The molecule has 16 nitrogen and oxygen atoms in total. The fourth-order valence-corrected chi connectivity index (χ4v) is 7.01. The van der Waals surface area contributed by atoms with Gasteiger partial charge in [-0.25, -0.2) is 35.4 Å². The first-order chi connectivity index (χ1) is 23.5. The molecule has 0 aliphatic heterocycles. The summed E-state index contributed by atoms with van der Waals surface area (Å²) in [6.45, 7) is 0. The zero-order valence-electron chi connectivity index (χ0n) is 27.4. The number of amides is 2. The molecule has 4 aromatic rings. The van der Waals surface area contributed by atoms with Gasteiger partial charge >= 0.3 is 0 Å². The van der Waals surface area contributed by atoms with Crippen LogP contribution in [0.1, 0.15) is 12.8 Å². The second kappa shape index (κ2) is 13.5. The smallest absolute Gasteiger partial charge is 0.242 e. The van der Waals surface area contributed by atoms with Crippen LogP contribution in [0.5, 0.6) is 0 Å². The number of nitrogen functional groups attached to an aromatic ring is 2. The number of sulfonamides is 2. The van der Waals surface area contributed by atoms with Gasteiger partial charge in [-0.2, -0.15) is 10.5 Å². The SMILES string of the molecule is CN(C)S(=O)(=O)c1cc(N)c2cnc(NC(=O)[C@@H]3C[C@H]3C#N)cc2c1.CN(C)S(=O)(=O)c1cc(N)c2cnc(NC(=O)[C@H]3C[C@@H]3C#N)cc2c1. The van der Waals surface area contributed by atoms with Crippen molar-refractivity contribution in [3.8, 4) is 12.1 Å². The number of anilines is 4. The molecule has 6 rings (SSSR count). The molecule has 0 saturated heterocycles. The first-order valence-electron chi connectivity index (χ1n) is 15.1. The van der Waals surface area contributed by atoms with E-state index in [0.29, 0.717) is 46.0 Å². The molecule has 2 aromatic carbocycles. The van der Waals surface area contributed by atoms with Crippen molar-refractivity contribution in [1.29, 1.82) is 10.5 Å². The number of nitrogens with two attached hydrogens (primary N) is 2. The summed E-state index contributed by atoms with van der Waals surface area (Å²) in [6.07, 6.45) is 4.07. The Hall–Kier alpha value is -5.40. The van der Waals surface area contributed by atoms with Crippen LogP contribution >= 0.6 is 0 Å². The summed E-state index contributed by atoms with van der Waals surface area (Å²) in [7, 11) is -1.50. The molecule has 0 spiro atoms. The molecule has 2 saturated carbocycles. The van der Waals surface area contributed by atoms with Gasteiger partial charge in [0.1, 0.15) is 11.6 Å². The lowest BCUT2D eigenvalue weighted by molar-refractivity contribution is -0.118. The van der Waals surface area contributed by atoms with Crippen LogP contribution in [0.25, 0.3) is 21.5 Å². The van der Waals surface area contributed by atoms with Crippen molar-refractivity contribution in [1.82, 2.24) is 18.6 Å². The van der Waals surface area contributed by atoms with Gasteiger partial charge in [0, 0.05) is 62.7 Å². The van der Waals surface area contributed by atoms with Crippen molar-refractivity contribution in [2.24, 2.45) is 23.7 Å². The summed E-state index contributed by atoms with van der Waals surface area (Å²) in [5.41, 5.74) is 12.5. The number of fused-ring (bicyclic) bond motifs is 2. The highest BCUT2D eigenvalue weighted by atomic mass is 32.2. The van der Waals surface area contributed by atoms with Crippen LogP contribution in [0.15, 0.2) is 58.6 Å². The van der Waals surface area contributed by atoms with E-state index in [1.165, 1.54) is 64.8 Å². The number of nitriles is 2. The van der Waals surface area contributed by atoms with Gasteiger partial charge in [-0.3, -0.25) is 9.59 Å². The summed E-state index contributed by atoms with van der Waals surface area (Å²) in [6, 6.07) is 13.0. The Morgan fingerprint density at radius 1 is 0.700 bits per heavy atom. The average Bonchev–Trinajstić information content (AvgIpc) is 3.99.